The Morgan fingerprint density at radius 3 is 1.86 bits per heavy atom. The molecule has 8 nitrogen and oxygen atoms in total. The SMILES string of the molecule is C=CS(=O)(=O)c1cc(C2CCC(c3cc(OC)c(OC)c(OC)c3)O2)cc(OCCC)c1OCCC. The van der Waals surface area contributed by atoms with Crippen molar-refractivity contribution in [2.75, 3.05) is 34.5 Å². The summed E-state index contributed by atoms with van der Waals surface area (Å²) in [5.41, 5.74) is 1.59. The molecule has 1 aliphatic heterocycles. The van der Waals surface area contributed by atoms with Crippen LogP contribution in [0.1, 0.15) is 62.9 Å². The van der Waals surface area contributed by atoms with Gasteiger partial charge >= 0.3 is 0 Å². The normalized spacial score (nSPS) is 17.5. The second-order valence-corrected chi connectivity index (χ2v) is 10.3. The van der Waals surface area contributed by atoms with Crippen molar-refractivity contribution in [3.05, 3.63) is 47.4 Å². The van der Waals surface area contributed by atoms with Gasteiger partial charge < -0.3 is 28.4 Å². The molecule has 2 aromatic carbocycles. The van der Waals surface area contributed by atoms with Gasteiger partial charge in [-0.1, -0.05) is 20.4 Å². The zero-order valence-electron chi connectivity index (χ0n) is 21.7. The lowest BCUT2D eigenvalue weighted by Crippen LogP contribution is -2.09. The van der Waals surface area contributed by atoms with Crippen LogP contribution in [0, 0.1) is 0 Å². The van der Waals surface area contributed by atoms with Crippen molar-refractivity contribution >= 4 is 9.84 Å². The number of hydrogen-bond donors (Lipinski definition) is 0. The minimum absolute atomic E-state index is 0.0365. The van der Waals surface area contributed by atoms with Gasteiger partial charge in [-0.05, 0) is 61.1 Å². The van der Waals surface area contributed by atoms with Gasteiger partial charge in [0, 0.05) is 5.41 Å². The molecule has 2 aromatic rings. The molecular formula is C27H36O8S. The van der Waals surface area contributed by atoms with Crippen LogP contribution in [0.5, 0.6) is 28.7 Å². The van der Waals surface area contributed by atoms with Crippen LogP contribution in [-0.4, -0.2) is 43.0 Å². The predicted octanol–water partition coefficient (Wildman–Crippen LogP) is 5.80. The molecule has 0 N–H and O–H groups in total. The van der Waals surface area contributed by atoms with Crippen LogP contribution < -0.4 is 23.7 Å². The summed E-state index contributed by atoms with van der Waals surface area (Å²) in [6, 6.07) is 7.19. The van der Waals surface area contributed by atoms with Gasteiger partial charge in [0.05, 0.1) is 46.8 Å². The van der Waals surface area contributed by atoms with E-state index in [0.29, 0.717) is 48.2 Å². The van der Waals surface area contributed by atoms with Gasteiger partial charge in [-0.3, -0.25) is 0 Å². The third-order valence-corrected chi connectivity index (χ3v) is 7.29. The lowest BCUT2D eigenvalue weighted by molar-refractivity contribution is 0.0435. The van der Waals surface area contributed by atoms with E-state index in [9.17, 15) is 8.42 Å². The molecule has 1 fully saturated rings. The minimum atomic E-state index is -3.79. The van der Waals surface area contributed by atoms with Crippen LogP contribution in [0.25, 0.3) is 0 Å². The van der Waals surface area contributed by atoms with E-state index in [-0.39, 0.29) is 22.9 Å². The molecule has 0 bridgehead atoms. The van der Waals surface area contributed by atoms with Crippen molar-refractivity contribution in [1.82, 2.24) is 0 Å². The number of sulfone groups is 1. The van der Waals surface area contributed by atoms with E-state index in [2.05, 4.69) is 6.58 Å². The first-order valence-corrected chi connectivity index (χ1v) is 13.6. The van der Waals surface area contributed by atoms with E-state index < -0.39 is 9.84 Å². The number of hydrogen-bond acceptors (Lipinski definition) is 8. The molecule has 1 heterocycles. The van der Waals surface area contributed by atoms with E-state index in [1.54, 1.807) is 27.4 Å². The molecule has 36 heavy (non-hydrogen) atoms. The van der Waals surface area contributed by atoms with Gasteiger partial charge in [0.15, 0.2) is 23.0 Å². The first-order valence-electron chi connectivity index (χ1n) is 12.1. The molecule has 1 saturated heterocycles. The molecule has 0 aliphatic carbocycles. The highest BCUT2D eigenvalue weighted by molar-refractivity contribution is 7.94. The first-order chi connectivity index (χ1) is 17.3. The van der Waals surface area contributed by atoms with Crippen LogP contribution in [-0.2, 0) is 14.6 Å². The Bertz CT molecular complexity index is 1130. The van der Waals surface area contributed by atoms with E-state index in [1.165, 1.54) is 0 Å². The fraction of sp³-hybridized carbons (Fsp3) is 0.481. The van der Waals surface area contributed by atoms with Crippen molar-refractivity contribution < 1.29 is 36.8 Å². The highest BCUT2D eigenvalue weighted by Crippen LogP contribution is 2.48. The largest absolute Gasteiger partial charge is 0.493 e. The van der Waals surface area contributed by atoms with Gasteiger partial charge in [-0.25, -0.2) is 8.42 Å². The summed E-state index contributed by atoms with van der Waals surface area (Å²) in [6.07, 6.45) is 2.34. The number of benzene rings is 2. The Labute approximate surface area is 214 Å². The predicted molar refractivity (Wildman–Crippen MR) is 137 cm³/mol. The van der Waals surface area contributed by atoms with Crippen molar-refractivity contribution in [3.8, 4) is 28.7 Å². The molecule has 3 rings (SSSR count). The smallest absolute Gasteiger partial charge is 0.203 e. The second kappa shape index (κ2) is 12.4. The minimum Gasteiger partial charge on any atom is -0.493 e. The van der Waals surface area contributed by atoms with Crippen molar-refractivity contribution in [1.29, 1.82) is 0 Å². The maximum atomic E-state index is 12.9. The van der Waals surface area contributed by atoms with Crippen LogP contribution in [0.4, 0.5) is 0 Å². The molecule has 0 radical (unpaired) electrons. The van der Waals surface area contributed by atoms with Gasteiger partial charge in [0.25, 0.3) is 0 Å². The fourth-order valence-electron chi connectivity index (χ4n) is 4.16. The maximum Gasteiger partial charge on any atom is 0.203 e. The molecule has 0 saturated carbocycles. The van der Waals surface area contributed by atoms with Crippen molar-refractivity contribution in [3.63, 3.8) is 0 Å². The van der Waals surface area contributed by atoms with Crippen molar-refractivity contribution in [2.45, 2.75) is 56.6 Å². The van der Waals surface area contributed by atoms with Gasteiger partial charge in [0.1, 0.15) is 4.90 Å². The maximum absolute atomic E-state index is 12.9. The Hall–Kier alpha value is -2.91. The van der Waals surface area contributed by atoms with Gasteiger partial charge in [-0.15, -0.1) is 0 Å². The Balaban J connectivity index is 2.01. The third-order valence-electron chi connectivity index (χ3n) is 5.93. The number of rotatable bonds is 13. The van der Waals surface area contributed by atoms with E-state index >= 15 is 0 Å². The van der Waals surface area contributed by atoms with E-state index in [4.69, 9.17) is 28.4 Å². The zero-order chi connectivity index (χ0) is 26.3. The van der Waals surface area contributed by atoms with E-state index in [1.807, 2.05) is 32.0 Å². The Kier molecular flexibility index (Phi) is 9.50. The fourth-order valence-corrected chi connectivity index (χ4v) is 5.06. The van der Waals surface area contributed by atoms with Crippen molar-refractivity contribution in [2.24, 2.45) is 0 Å². The van der Waals surface area contributed by atoms with Gasteiger partial charge in [-0.2, -0.15) is 0 Å². The molecule has 0 spiro atoms. The third kappa shape index (κ3) is 5.90. The molecule has 1 aliphatic rings. The summed E-state index contributed by atoms with van der Waals surface area (Å²) in [5.74, 6) is 2.21. The highest BCUT2D eigenvalue weighted by Gasteiger charge is 2.32. The lowest BCUT2D eigenvalue weighted by Gasteiger charge is -2.21. The molecule has 2 unspecified atom stereocenters. The second-order valence-electron chi connectivity index (χ2n) is 8.40. The summed E-state index contributed by atoms with van der Waals surface area (Å²) in [6.45, 7) is 8.24. The summed E-state index contributed by atoms with van der Waals surface area (Å²) in [4.78, 5) is 0.0365. The summed E-state index contributed by atoms with van der Waals surface area (Å²) in [7, 11) is 0.906. The van der Waals surface area contributed by atoms with Crippen LogP contribution in [0.15, 0.2) is 41.1 Å². The summed E-state index contributed by atoms with van der Waals surface area (Å²) >= 11 is 0. The molecule has 0 aromatic heterocycles. The topological polar surface area (TPSA) is 89.5 Å². The average Bonchev–Trinajstić information content (AvgIpc) is 3.40. The summed E-state index contributed by atoms with van der Waals surface area (Å²) < 4.78 is 60.5. The highest BCUT2D eigenvalue weighted by atomic mass is 32.2. The van der Waals surface area contributed by atoms with Crippen LogP contribution >= 0.6 is 0 Å². The molecular weight excluding hydrogens is 484 g/mol. The van der Waals surface area contributed by atoms with E-state index in [0.717, 1.165) is 30.2 Å². The summed E-state index contributed by atoms with van der Waals surface area (Å²) in [5, 5.41) is 0.933. The molecule has 2 atom stereocenters. The Morgan fingerprint density at radius 1 is 0.833 bits per heavy atom. The standard InChI is InChI=1S/C27H36O8S/c1-7-12-33-24-16-19(17-25(36(28,29)9-3)27(24)34-13-8-2)21-11-10-20(35-21)18-14-22(30-4)26(32-6)23(15-18)31-5/h9,14-17,20-21H,3,7-8,10-13H2,1-2,4-6H3. The Morgan fingerprint density at radius 2 is 1.36 bits per heavy atom. The molecule has 198 valence electrons. The number of methoxy groups -OCH3 is 3. The quantitative estimate of drug-likeness (QED) is 0.327. The van der Waals surface area contributed by atoms with Crippen LogP contribution in [0.2, 0.25) is 0 Å². The van der Waals surface area contributed by atoms with Crippen LogP contribution in [0.3, 0.4) is 0 Å². The molecule has 0 amide bonds. The first kappa shape index (κ1) is 27.7. The monoisotopic (exact) mass is 520 g/mol. The van der Waals surface area contributed by atoms with Gasteiger partial charge in [0.2, 0.25) is 15.6 Å². The molecule has 9 heteroatoms. The lowest BCUT2D eigenvalue weighted by atomic mass is 10.0. The zero-order valence-corrected chi connectivity index (χ0v) is 22.5. The average molecular weight is 521 g/mol. The number of ether oxygens (including phenoxy) is 6.